The molecule has 86 valence electrons. The predicted octanol–water partition coefficient (Wildman–Crippen LogP) is 2.40. The molecule has 0 saturated heterocycles. The molecule has 0 atom stereocenters. The highest BCUT2D eigenvalue weighted by molar-refractivity contribution is 5.87. The smallest absolute Gasteiger partial charge is 0.335 e. The SMILES string of the molecule is O=C(O)c1ccc(C2CCC(O)CC2)cc1. The molecule has 2 rings (SSSR count). The fourth-order valence-corrected chi connectivity index (χ4v) is 2.31. The summed E-state index contributed by atoms with van der Waals surface area (Å²) in [5.74, 6) is -0.406. The first-order valence-electron chi connectivity index (χ1n) is 5.68. The molecule has 3 heteroatoms. The lowest BCUT2D eigenvalue weighted by molar-refractivity contribution is 0.0697. The highest BCUT2D eigenvalue weighted by Gasteiger charge is 2.20. The molecule has 1 saturated carbocycles. The molecule has 1 aliphatic carbocycles. The third kappa shape index (κ3) is 2.42. The van der Waals surface area contributed by atoms with E-state index in [-0.39, 0.29) is 6.10 Å². The Kier molecular flexibility index (Phi) is 3.25. The van der Waals surface area contributed by atoms with Crippen molar-refractivity contribution in [1.29, 1.82) is 0 Å². The van der Waals surface area contributed by atoms with Gasteiger partial charge in [-0.15, -0.1) is 0 Å². The molecule has 1 aromatic carbocycles. The Balaban J connectivity index is 2.07. The van der Waals surface area contributed by atoms with E-state index in [0.717, 1.165) is 25.7 Å². The third-order valence-electron chi connectivity index (χ3n) is 3.33. The standard InChI is InChI=1S/C13H16O3/c14-12-7-5-10(6-8-12)9-1-3-11(4-2-9)13(15)16/h1-4,10,12,14H,5-8H2,(H,15,16). The molecule has 3 nitrogen and oxygen atoms in total. The second kappa shape index (κ2) is 4.66. The van der Waals surface area contributed by atoms with E-state index in [9.17, 15) is 9.90 Å². The van der Waals surface area contributed by atoms with Crippen LogP contribution >= 0.6 is 0 Å². The van der Waals surface area contributed by atoms with Crippen molar-refractivity contribution < 1.29 is 15.0 Å². The van der Waals surface area contributed by atoms with Crippen LogP contribution in [-0.4, -0.2) is 22.3 Å². The molecule has 1 aromatic rings. The number of benzene rings is 1. The van der Waals surface area contributed by atoms with Gasteiger partial charge in [0.2, 0.25) is 0 Å². The van der Waals surface area contributed by atoms with Crippen LogP contribution < -0.4 is 0 Å². The summed E-state index contributed by atoms with van der Waals surface area (Å²) in [6.07, 6.45) is 3.55. The molecule has 1 fully saturated rings. The molecule has 1 aliphatic rings. The highest BCUT2D eigenvalue weighted by Crippen LogP contribution is 2.32. The van der Waals surface area contributed by atoms with E-state index >= 15 is 0 Å². The molecule has 0 unspecified atom stereocenters. The van der Waals surface area contributed by atoms with Gasteiger partial charge in [0.05, 0.1) is 11.7 Å². The van der Waals surface area contributed by atoms with Gasteiger partial charge in [-0.3, -0.25) is 0 Å². The normalized spacial score (nSPS) is 25.3. The second-order valence-corrected chi connectivity index (χ2v) is 4.43. The summed E-state index contributed by atoms with van der Waals surface area (Å²) < 4.78 is 0. The van der Waals surface area contributed by atoms with Crippen molar-refractivity contribution >= 4 is 5.97 Å². The van der Waals surface area contributed by atoms with E-state index in [2.05, 4.69) is 0 Å². The molecule has 2 N–H and O–H groups in total. The topological polar surface area (TPSA) is 57.5 Å². The van der Waals surface area contributed by atoms with Crippen molar-refractivity contribution in [2.75, 3.05) is 0 Å². The number of carboxylic acids is 1. The van der Waals surface area contributed by atoms with Crippen molar-refractivity contribution in [2.24, 2.45) is 0 Å². The van der Waals surface area contributed by atoms with Crippen LogP contribution in [-0.2, 0) is 0 Å². The minimum absolute atomic E-state index is 0.144. The fourth-order valence-electron chi connectivity index (χ4n) is 2.31. The quantitative estimate of drug-likeness (QED) is 0.804. The van der Waals surface area contributed by atoms with Gasteiger partial charge in [0.25, 0.3) is 0 Å². The Hall–Kier alpha value is -1.35. The first-order chi connectivity index (χ1) is 7.66. The Morgan fingerprint density at radius 1 is 1.06 bits per heavy atom. The Morgan fingerprint density at radius 3 is 2.12 bits per heavy atom. The number of hydrogen-bond acceptors (Lipinski definition) is 2. The minimum Gasteiger partial charge on any atom is -0.478 e. The first-order valence-corrected chi connectivity index (χ1v) is 5.68. The number of carbonyl (C=O) groups is 1. The molecule has 0 aromatic heterocycles. The van der Waals surface area contributed by atoms with E-state index in [1.165, 1.54) is 5.56 Å². The molecular weight excluding hydrogens is 204 g/mol. The van der Waals surface area contributed by atoms with Gasteiger partial charge in [-0.25, -0.2) is 4.79 Å². The highest BCUT2D eigenvalue weighted by atomic mass is 16.4. The molecule has 0 heterocycles. The van der Waals surface area contributed by atoms with Crippen LogP contribution in [0.3, 0.4) is 0 Å². The van der Waals surface area contributed by atoms with Crippen molar-refractivity contribution in [1.82, 2.24) is 0 Å². The summed E-state index contributed by atoms with van der Waals surface area (Å²) in [5.41, 5.74) is 1.52. The van der Waals surface area contributed by atoms with Crippen molar-refractivity contribution in [3.8, 4) is 0 Å². The van der Waals surface area contributed by atoms with Crippen LogP contribution in [0, 0.1) is 0 Å². The summed E-state index contributed by atoms with van der Waals surface area (Å²) in [6.45, 7) is 0. The summed E-state index contributed by atoms with van der Waals surface area (Å²) in [5, 5.41) is 18.2. The van der Waals surface area contributed by atoms with Crippen LogP contribution in [0.5, 0.6) is 0 Å². The van der Waals surface area contributed by atoms with E-state index in [4.69, 9.17) is 5.11 Å². The average Bonchev–Trinajstić information content (AvgIpc) is 2.30. The maximum absolute atomic E-state index is 10.7. The van der Waals surface area contributed by atoms with Crippen molar-refractivity contribution in [3.05, 3.63) is 35.4 Å². The lowest BCUT2D eigenvalue weighted by atomic mass is 9.82. The largest absolute Gasteiger partial charge is 0.478 e. The fraction of sp³-hybridized carbons (Fsp3) is 0.462. The second-order valence-electron chi connectivity index (χ2n) is 4.43. The van der Waals surface area contributed by atoms with Gasteiger partial charge in [0.1, 0.15) is 0 Å². The molecule has 0 aliphatic heterocycles. The molecule has 0 spiro atoms. The van der Waals surface area contributed by atoms with Gasteiger partial charge < -0.3 is 10.2 Å². The molecule has 0 radical (unpaired) electrons. The molecule has 0 amide bonds. The number of rotatable bonds is 2. The zero-order valence-corrected chi connectivity index (χ0v) is 9.10. The molecule has 16 heavy (non-hydrogen) atoms. The number of hydrogen-bond donors (Lipinski definition) is 2. The van der Waals surface area contributed by atoms with Gasteiger partial charge in [0, 0.05) is 0 Å². The zero-order valence-electron chi connectivity index (χ0n) is 9.10. The molecular formula is C13H16O3. The average molecular weight is 220 g/mol. The van der Waals surface area contributed by atoms with Crippen LogP contribution in [0.15, 0.2) is 24.3 Å². The minimum atomic E-state index is -0.884. The van der Waals surface area contributed by atoms with E-state index in [0.29, 0.717) is 11.5 Å². The van der Waals surface area contributed by atoms with E-state index < -0.39 is 5.97 Å². The van der Waals surface area contributed by atoms with Crippen LogP contribution in [0.1, 0.15) is 47.5 Å². The van der Waals surface area contributed by atoms with Gasteiger partial charge in [-0.05, 0) is 49.3 Å². The predicted molar refractivity (Wildman–Crippen MR) is 60.6 cm³/mol. The number of aromatic carboxylic acids is 1. The summed E-state index contributed by atoms with van der Waals surface area (Å²) >= 11 is 0. The van der Waals surface area contributed by atoms with Gasteiger partial charge in [0.15, 0.2) is 0 Å². The number of carboxylic acid groups (broad SMARTS) is 1. The third-order valence-corrected chi connectivity index (χ3v) is 3.33. The van der Waals surface area contributed by atoms with Crippen molar-refractivity contribution in [3.63, 3.8) is 0 Å². The lowest BCUT2D eigenvalue weighted by Crippen LogP contribution is -2.16. The Bertz CT molecular complexity index is 361. The number of aliphatic hydroxyl groups is 1. The van der Waals surface area contributed by atoms with E-state index in [1.807, 2.05) is 12.1 Å². The summed E-state index contributed by atoms with van der Waals surface area (Å²) in [4.78, 5) is 10.7. The molecule has 0 bridgehead atoms. The lowest BCUT2D eigenvalue weighted by Gasteiger charge is -2.25. The Morgan fingerprint density at radius 2 is 1.62 bits per heavy atom. The van der Waals surface area contributed by atoms with Gasteiger partial charge in [-0.2, -0.15) is 0 Å². The van der Waals surface area contributed by atoms with Crippen LogP contribution in [0.4, 0.5) is 0 Å². The van der Waals surface area contributed by atoms with Crippen LogP contribution in [0.25, 0.3) is 0 Å². The van der Waals surface area contributed by atoms with Gasteiger partial charge in [-0.1, -0.05) is 12.1 Å². The van der Waals surface area contributed by atoms with Crippen molar-refractivity contribution in [2.45, 2.75) is 37.7 Å². The zero-order chi connectivity index (χ0) is 11.5. The Labute approximate surface area is 94.7 Å². The maximum Gasteiger partial charge on any atom is 0.335 e. The maximum atomic E-state index is 10.7. The summed E-state index contributed by atoms with van der Waals surface area (Å²) in [7, 11) is 0. The first kappa shape index (κ1) is 11.1. The monoisotopic (exact) mass is 220 g/mol. The van der Waals surface area contributed by atoms with Crippen LogP contribution in [0.2, 0.25) is 0 Å². The van der Waals surface area contributed by atoms with Gasteiger partial charge >= 0.3 is 5.97 Å². The number of aliphatic hydroxyl groups excluding tert-OH is 1. The van der Waals surface area contributed by atoms with E-state index in [1.54, 1.807) is 12.1 Å². The summed E-state index contributed by atoms with van der Waals surface area (Å²) in [6, 6.07) is 7.10.